The van der Waals surface area contributed by atoms with Crippen molar-refractivity contribution in [1.29, 1.82) is 0 Å². The van der Waals surface area contributed by atoms with Crippen LogP contribution in [0, 0.1) is 3.70 Å². The van der Waals surface area contributed by atoms with Crippen LogP contribution in [-0.4, -0.2) is 23.7 Å². The average Bonchev–Trinajstić information content (AvgIpc) is 2.17. The average molecular weight is 381 g/mol. The summed E-state index contributed by atoms with van der Waals surface area (Å²) in [5, 5.41) is -1.09. The van der Waals surface area contributed by atoms with E-state index in [9.17, 15) is 18.0 Å². The van der Waals surface area contributed by atoms with Crippen LogP contribution < -0.4 is 9.47 Å². The molecule has 0 saturated carbocycles. The third-order valence-corrected chi connectivity index (χ3v) is 2.29. The molecule has 0 radical (unpaired) electrons. The lowest BCUT2D eigenvalue weighted by atomic mass is 10.2. The van der Waals surface area contributed by atoms with Gasteiger partial charge in [-0.25, -0.2) is 4.98 Å². The molecule has 0 N–H and O–H groups in total. The van der Waals surface area contributed by atoms with Gasteiger partial charge in [-0.1, -0.05) is 0 Å². The van der Waals surface area contributed by atoms with Crippen molar-refractivity contribution in [2.24, 2.45) is 0 Å². The van der Waals surface area contributed by atoms with Gasteiger partial charge in [0, 0.05) is 0 Å². The van der Waals surface area contributed by atoms with Crippen LogP contribution in [0.1, 0.15) is 10.4 Å². The van der Waals surface area contributed by atoms with E-state index in [-0.39, 0.29) is 3.70 Å². The second kappa shape index (κ2) is 5.25. The Hall–Kier alpha value is -0.770. The second-order valence-electron chi connectivity index (χ2n) is 2.65. The van der Waals surface area contributed by atoms with Crippen LogP contribution in [0.4, 0.5) is 13.2 Å². The summed E-state index contributed by atoms with van der Waals surface area (Å²) in [6.07, 6.45) is -4.97. The maximum absolute atomic E-state index is 12.1. The monoisotopic (exact) mass is 381 g/mol. The molecule has 0 atom stereocenters. The number of alkyl halides is 3. The Balaban J connectivity index is 3.37. The predicted octanol–water partition coefficient (Wildman–Crippen LogP) is 2.97. The molecule has 4 nitrogen and oxygen atoms in total. The highest BCUT2D eigenvalue weighted by Gasteiger charge is 2.35. The molecule has 94 valence electrons. The van der Waals surface area contributed by atoms with Gasteiger partial charge in [-0.2, -0.15) is 0 Å². The molecule has 0 aliphatic heterocycles. The number of ether oxygens (including phenoxy) is 2. The maximum atomic E-state index is 12.1. The van der Waals surface area contributed by atoms with Crippen LogP contribution in [0.25, 0.3) is 0 Å². The highest BCUT2D eigenvalue weighted by atomic mass is 127. The molecule has 0 unspecified atom stereocenters. The van der Waals surface area contributed by atoms with Gasteiger partial charge in [0.25, 0.3) is 11.1 Å². The summed E-state index contributed by atoms with van der Waals surface area (Å²) >= 11 is 6.87. The fraction of sp³-hybridized carbons (Fsp3) is 0.250. The molecular weight excluding hydrogens is 377 g/mol. The SMILES string of the molecule is COc1nc(I)cc(C(=O)Cl)c1OC(F)(F)F. The molecule has 1 aromatic heterocycles. The van der Waals surface area contributed by atoms with Crippen molar-refractivity contribution in [2.75, 3.05) is 7.11 Å². The molecule has 9 heteroatoms. The fourth-order valence-electron chi connectivity index (χ4n) is 0.979. The van der Waals surface area contributed by atoms with Crippen molar-refractivity contribution < 1.29 is 27.4 Å². The van der Waals surface area contributed by atoms with Crippen LogP contribution >= 0.6 is 34.2 Å². The van der Waals surface area contributed by atoms with E-state index in [1.165, 1.54) is 0 Å². The van der Waals surface area contributed by atoms with Crippen molar-refractivity contribution in [1.82, 2.24) is 4.98 Å². The summed E-state index contributed by atoms with van der Waals surface area (Å²) in [6, 6.07) is 1.07. The van der Waals surface area contributed by atoms with Crippen molar-refractivity contribution in [2.45, 2.75) is 6.36 Å². The zero-order chi connectivity index (χ0) is 13.2. The molecule has 0 saturated heterocycles. The second-order valence-corrected chi connectivity index (χ2v) is 4.10. The van der Waals surface area contributed by atoms with Gasteiger partial charge < -0.3 is 9.47 Å². The van der Waals surface area contributed by atoms with Gasteiger partial charge >= 0.3 is 6.36 Å². The van der Waals surface area contributed by atoms with Gasteiger partial charge in [-0.3, -0.25) is 4.79 Å². The number of rotatable bonds is 3. The molecule has 1 heterocycles. The van der Waals surface area contributed by atoms with E-state index >= 15 is 0 Å². The Morgan fingerprint density at radius 3 is 2.53 bits per heavy atom. The minimum Gasteiger partial charge on any atom is -0.478 e. The minimum atomic E-state index is -4.97. The number of nitrogens with zero attached hydrogens (tertiary/aromatic N) is 1. The molecule has 0 aliphatic carbocycles. The Kier molecular flexibility index (Phi) is 4.42. The van der Waals surface area contributed by atoms with Crippen molar-refractivity contribution in [3.8, 4) is 11.6 Å². The number of carbonyl (C=O) groups excluding carboxylic acids is 1. The Morgan fingerprint density at radius 1 is 1.53 bits per heavy atom. The first-order chi connectivity index (χ1) is 7.74. The lowest BCUT2D eigenvalue weighted by Gasteiger charge is -2.14. The smallest absolute Gasteiger partial charge is 0.478 e. The number of carbonyl (C=O) groups is 1. The summed E-state index contributed by atoms with van der Waals surface area (Å²) in [5.74, 6) is -1.31. The number of aromatic nitrogens is 1. The normalized spacial score (nSPS) is 11.2. The van der Waals surface area contributed by atoms with Crippen LogP contribution in [0.3, 0.4) is 0 Å². The van der Waals surface area contributed by atoms with Crippen LogP contribution in [-0.2, 0) is 0 Å². The molecule has 1 aromatic rings. The number of pyridine rings is 1. The molecule has 0 fully saturated rings. The van der Waals surface area contributed by atoms with Gasteiger partial charge in [-0.15, -0.1) is 13.2 Å². The first-order valence-corrected chi connectivity index (χ1v) is 5.40. The standard InChI is InChI=1S/C8H4ClF3INO3/c1-16-7-5(17-8(10,11)12)3(6(9)15)2-4(13)14-7/h2H,1H3. The molecule has 0 bridgehead atoms. The Bertz CT molecular complexity index is 452. The largest absolute Gasteiger partial charge is 0.573 e. The van der Waals surface area contributed by atoms with Crippen LogP contribution in [0.5, 0.6) is 11.6 Å². The van der Waals surface area contributed by atoms with Crippen LogP contribution in [0.2, 0.25) is 0 Å². The van der Waals surface area contributed by atoms with Crippen molar-refractivity contribution in [3.63, 3.8) is 0 Å². The van der Waals surface area contributed by atoms with E-state index in [1.807, 2.05) is 0 Å². The first-order valence-electron chi connectivity index (χ1n) is 3.94. The topological polar surface area (TPSA) is 48.4 Å². The predicted molar refractivity (Wildman–Crippen MR) is 60.4 cm³/mol. The Morgan fingerprint density at radius 2 is 2.12 bits per heavy atom. The molecule has 0 spiro atoms. The first kappa shape index (κ1) is 14.3. The van der Waals surface area contributed by atoms with E-state index in [2.05, 4.69) is 14.5 Å². The highest BCUT2D eigenvalue weighted by molar-refractivity contribution is 14.1. The third kappa shape index (κ3) is 3.87. The third-order valence-electron chi connectivity index (χ3n) is 1.53. The number of methoxy groups -OCH3 is 1. The van der Waals surface area contributed by atoms with Crippen molar-refractivity contribution in [3.05, 3.63) is 15.3 Å². The van der Waals surface area contributed by atoms with Gasteiger partial charge in [0.05, 0.1) is 12.7 Å². The molecule has 1 rings (SSSR count). The zero-order valence-corrected chi connectivity index (χ0v) is 11.1. The van der Waals surface area contributed by atoms with Gasteiger partial charge in [0.1, 0.15) is 3.70 Å². The number of halogens is 5. The van der Waals surface area contributed by atoms with Crippen LogP contribution in [0.15, 0.2) is 6.07 Å². The molecule has 0 amide bonds. The quantitative estimate of drug-likeness (QED) is 0.459. The zero-order valence-electron chi connectivity index (χ0n) is 8.14. The summed E-state index contributed by atoms with van der Waals surface area (Å²) < 4.78 is 45.0. The summed E-state index contributed by atoms with van der Waals surface area (Å²) in [7, 11) is 1.10. The van der Waals surface area contributed by atoms with Gasteiger partial charge in [-0.05, 0) is 40.3 Å². The Labute approximate surface area is 112 Å². The van der Waals surface area contributed by atoms with Gasteiger partial charge in [0.15, 0.2) is 0 Å². The lowest BCUT2D eigenvalue weighted by molar-refractivity contribution is -0.275. The highest BCUT2D eigenvalue weighted by Crippen LogP contribution is 2.35. The summed E-state index contributed by atoms with van der Waals surface area (Å²) in [5.41, 5.74) is -0.458. The minimum absolute atomic E-state index is 0.248. The maximum Gasteiger partial charge on any atom is 0.573 e. The van der Waals surface area contributed by atoms with E-state index in [0.717, 1.165) is 13.2 Å². The van der Waals surface area contributed by atoms with E-state index in [1.54, 1.807) is 22.6 Å². The van der Waals surface area contributed by atoms with E-state index in [4.69, 9.17) is 11.6 Å². The molecule has 17 heavy (non-hydrogen) atoms. The molecule has 0 aliphatic rings. The van der Waals surface area contributed by atoms with E-state index < -0.39 is 28.8 Å². The fourth-order valence-corrected chi connectivity index (χ4v) is 1.65. The number of hydrogen-bond acceptors (Lipinski definition) is 4. The molecule has 0 aromatic carbocycles. The van der Waals surface area contributed by atoms with E-state index in [0.29, 0.717) is 0 Å². The summed E-state index contributed by atoms with van der Waals surface area (Å²) in [4.78, 5) is 14.7. The van der Waals surface area contributed by atoms with Crippen molar-refractivity contribution >= 4 is 39.4 Å². The van der Waals surface area contributed by atoms with Gasteiger partial charge in [0.2, 0.25) is 5.75 Å². The summed E-state index contributed by atoms with van der Waals surface area (Å²) in [6.45, 7) is 0. The lowest BCUT2D eigenvalue weighted by Crippen LogP contribution is -2.19. The molecular formula is C8H4ClF3INO3. The number of hydrogen-bond donors (Lipinski definition) is 0.